The number of hydrogen-bond acceptors (Lipinski definition) is 4. The summed E-state index contributed by atoms with van der Waals surface area (Å²) in [6, 6.07) is 15.5. The number of rotatable bonds is 5. The highest BCUT2D eigenvalue weighted by Gasteiger charge is 2.08. The smallest absolute Gasteiger partial charge is 0.216 e. The van der Waals surface area contributed by atoms with Gasteiger partial charge in [0.1, 0.15) is 5.75 Å². The number of ether oxygens (including phenoxy) is 1. The molecule has 24 heavy (non-hydrogen) atoms. The van der Waals surface area contributed by atoms with E-state index in [1.165, 1.54) is 0 Å². The van der Waals surface area contributed by atoms with Gasteiger partial charge in [-0.15, -0.1) is 0 Å². The van der Waals surface area contributed by atoms with Gasteiger partial charge in [-0.1, -0.05) is 28.1 Å². The largest absolute Gasteiger partial charge is 0.494 e. The lowest BCUT2D eigenvalue weighted by molar-refractivity contribution is 0.340. The molecule has 1 aromatic heterocycles. The number of benzene rings is 2. The fraction of sp³-hybridized carbons (Fsp3) is 0.118. The van der Waals surface area contributed by atoms with E-state index >= 15 is 0 Å². The van der Waals surface area contributed by atoms with E-state index in [-0.39, 0.29) is 0 Å². The zero-order chi connectivity index (χ0) is 16.9. The highest BCUT2D eigenvalue weighted by molar-refractivity contribution is 9.10. The molecule has 2 aromatic carbocycles. The lowest BCUT2D eigenvalue weighted by Crippen LogP contribution is -1.96. The molecule has 0 atom stereocenters. The molecule has 0 bridgehead atoms. The summed E-state index contributed by atoms with van der Waals surface area (Å²) in [4.78, 5) is 0. The standard InChI is InChI=1S/C17H15BrN4OS/c1-2-23-15-8-6-13(7-9-15)16-20-21-17(24)22(16)19-11-12-4-3-5-14(18)10-12/h3-11H,2H2,1H3,(H,21,24)/b19-11+. The highest BCUT2D eigenvalue weighted by atomic mass is 79.9. The van der Waals surface area contributed by atoms with Gasteiger partial charge in [-0.25, -0.2) is 5.10 Å². The Balaban J connectivity index is 1.92. The zero-order valence-electron chi connectivity index (χ0n) is 12.9. The summed E-state index contributed by atoms with van der Waals surface area (Å²) in [5.41, 5.74) is 1.86. The Morgan fingerprint density at radius 2 is 2.08 bits per heavy atom. The second-order valence-corrected chi connectivity index (χ2v) is 6.22. The number of aromatic nitrogens is 3. The number of nitrogens with zero attached hydrogens (tertiary/aromatic N) is 3. The van der Waals surface area contributed by atoms with E-state index in [0.29, 0.717) is 17.2 Å². The predicted octanol–water partition coefficient (Wildman–Crippen LogP) is 4.65. The van der Waals surface area contributed by atoms with Crippen LogP contribution in [-0.2, 0) is 0 Å². The molecular weight excluding hydrogens is 388 g/mol. The Hall–Kier alpha value is -2.25. The minimum Gasteiger partial charge on any atom is -0.494 e. The zero-order valence-corrected chi connectivity index (χ0v) is 15.3. The lowest BCUT2D eigenvalue weighted by atomic mass is 10.2. The van der Waals surface area contributed by atoms with Crippen molar-refractivity contribution in [3.63, 3.8) is 0 Å². The molecule has 0 aliphatic rings. The van der Waals surface area contributed by atoms with Crippen molar-refractivity contribution >= 4 is 34.4 Å². The maximum Gasteiger partial charge on any atom is 0.216 e. The maximum atomic E-state index is 5.46. The minimum absolute atomic E-state index is 0.435. The van der Waals surface area contributed by atoms with Crippen molar-refractivity contribution in [2.45, 2.75) is 6.92 Å². The van der Waals surface area contributed by atoms with E-state index in [1.807, 2.05) is 55.5 Å². The van der Waals surface area contributed by atoms with Gasteiger partial charge in [0.25, 0.3) is 0 Å². The van der Waals surface area contributed by atoms with Crippen LogP contribution in [0.2, 0.25) is 0 Å². The van der Waals surface area contributed by atoms with Crippen molar-refractivity contribution in [1.29, 1.82) is 0 Å². The summed E-state index contributed by atoms with van der Waals surface area (Å²) in [5, 5.41) is 11.5. The van der Waals surface area contributed by atoms with E-state index in [1.54, 1.807) is 10.9 Å². The van der Waals surface area contributed by atoms with Crippen LogP contribution in [0.1, 0.15) is 12.5 Å². The molecule has 7 heteroatoms. The van der Waals surface area contributed by atoms with E-state index in [0.717, 1.165) is 21.3 Å². The van der Waals surface area contributed by atoms with Crippen molar-refractivity contribution in [2.75, 3.05) is 6.61 Å². The average molecular weight is 403 g/mol. The number of nitrogens with one attached hydrogen (secondary N) is 1. The van der Waals surface area contributed by atoms with Crippen LogP contribution in [-0.4, -0.2) is 27.7 Å². The van der Waals surface area contributed by atoms with Gasteiger partial charge in [0.2, 0.25) is 4.77 Å². The molecular formula is C17H15BrN4OS. The predicted molar refractivity (Wildman–Crippen MR) is 101 cm³/mol. The summed E-state index contributed by atoms with van der Waals surface area (Å²) in [6.07, 6.45) is 1.74. The van der Waals surface area contributed by atoms with Crippen LogP contribution in [0.3, 0.4) is 0 Å². The molecule has 0 fully saturated rings. The number of aromatic amines is 1. The van der Waals surface area contributed by atoms with E-state index in [9.17, 15) is 0 Å². The molecule has 1 heterocycles. The van der Waals surface area contributed by atoms with Crippen molar-refractivity contribution < 1.29 is 4.74 Å². The third kappa shape index (κ3) is 3.80. The average Bonchev–Trinajstić information content (AvgIpc) is 2.95. The lowest BCUT2D eigenvalue weighted by Gasteiger charge is -2.04. The Labute approximate surface area is 153 Å². The first kappa shape index (κ1) is 16.6. The van der Waals surface area contributed by atoms with Gasteiger partial charge < -0.3 is 4.74 Å². The first-order chi connectivity index (χ1) is 11.7. The van der Waals surface area contributed by atoms with Crippen molar-refractivity contribution in [2.24, 2.45) is 5.10 Å². The van der Waals surface area contributed by atoms with E-state index in [4.69, 9.17) is 17.0 Å². The normalized spacial score (nSPS) is 11.1. The molecule has 5 nitrogen and oxygen atoms in total. The van der Waals surface area contributed by atoms with E-state index in [2.05, 4.69) is 31.2 Å². The van der Waals surface area contributed by atoms with Gasteiger partial charge in [-0.3, -0.25) is 0 Å². The van der Waals surface area contributed by atoms with Gasteiger partial charge in [0.05, 0.1) is 12.8 Å². The summed E-state index contributed by atoms with van der Waals surface area (Å²) >= 11 is 8.73. The van der Waals surface area contributed by atoms with Gasteiger partial charge in [0.15, 0.2) is 5.82 Å². The molecule has 122 valence electrons. The molecule has 0 amide bonds. The third-order valence-corrected chi connectivity index (χ3v) is 4.00. The number of H-pyrrole nitrogens is 1. The van der Waals surface area contributed by atoms with Crippen molar-refractivity contribution in [1.82, 2.24) is 14.9 Å². The van der Waals surface area contributed by atoms with Crippen molar-refractivity contribution in [3.05, 3.63) is 63.3 Å². The van der Waals surface area contributed by atoms with Crippen LogP contribution < -0.4 is 4.74 Å². The molecule has 0 aliphatic carbocycles. The Morgan fingerprint density at radius 1 is 1.29 bits per heavy atom. The first-order valence-electron chi connectivity index (χ1n) is 7.38. The quantitative estimate of drug-likeness (QED) is 0.498. The molecule has 1 N–H and O–H groups in total. The maximum absolute atomic E-state index is 5.46. The second kappa shape index (κ2) is 7.55. The fourth-order valence-corrected chi connectivity index (χ4v) is 2.76. The van der Waals surface area contributed by atoms with Crippen LogP contribution in [0, 0.1) is 4.77 Å². The summed E-state index contributed by atoms with van der Waals surface area (Å²) < 4.78 is 8.49. The minimum atomic E-state index is 0.435. The Morgan fingerprint density at radius 3 is 2.79 bits per heavy atom. The summed E-state index contributed by atoms with van der Waals surface area (Å²) in [6.45, 7) is 2.59. The molecule has 3 aromatic rings. The Kier molecular flexibility index (Phi) is 5.22. The number of hydrogen-bond donors (Lipinski definition) is 1. The molecule has 0 radical (unpaired) electrons. The van der Waals surface area contributed by atoms with E-state index < -0.39 is 0 Å². The summed E-state index contributed by atoms with van der Waals surface area (Å²) in [7, 11) is 0. The van der Waals surface area contributed by atoms with Crippen LogP contribution in [0.15, 0.2) is 58.1 Å². The Bertz CT molecular complexity index is 915. The van der Waals surface area contributed by atoms with Gasteiger partial charge >= 0.3 is 0 Å². The highest BCUT2D eigenvalue weighted by Crippen LogP contribution is 2.21. The fourth-order valence-electron chi connectivity index (χ4n) is 2.16. The monoisotopic (exact) mass is 402 g/mol. The van der Waals surface area contributed by atoms with Crippen LogP contribution in [0.4, 0.5) is 0 Å². The molecule has 0 spiro atoms. The van der Waals surface area contributed by atoms with Crippen LogP contribution >= 0.6 is 28.1 Å². The van der Waals surface area contributed by atoms with Gasteiger partial charge in [-0.05, 0) is 61.1 Å². The number of halogens is 1. The molecule has 0 aliphatic heterocycles. The molecule has 0 saturated heterocycles. The SMILES string of the molecule is CCOc1ccc(-c2n[nH]c(=S)n2/N=C/c2cccc(Br)c2)cc1. The molecule has 0 saturated carbocycles. The summed E-state index contributed by atoms with van der Waals surface area (Å²) in [5.74, 6) is 1.47. The van der Waals surface area contributed by atoms with Gasteiger partial charge in [0, 0.05) is 10.0 Å². The molecule has 0 unspecified atom stereocenters. The second-order valence-electron chi connectivity index (χ2n) is 4.92. The third-order valence-electron chi connectivity index (χ3n) is 3.24. The van der Waals surface area contributed by atoms with Crippen LogP contribution in [0.5, 0.6) is 5.75 Å². The molecule has 3 rings (SSSR count). The topological polar surface area (TPSA) is 55.2 Å². The van der Waals surface area contributed by atoms with Gasteiger partial charge in [-0.2, -0.15) is 14.9 Å². The van der Waals surface area contributed by atoms with Crippen LogP contribution in [0.25, 0.3) is 11.4 Å². The first-order valence-corrected chi connectivity index (χ1v) is 8.58. The van der Waals surface area contributed by atoms with Crippen molar-refractivity contribution in [3.8, 4) is 17.1 Å².